The number of likely N-dealkylation sites (N-methyl/N-ethyl adjacent to an activating group) is 1. The number of quaternary nitrogens is 1. The number of hydrogen-bond donors (Lipinski definition) is 0. The van der Waals surface area contributed by atoms with Gasteiger partial charge in [0.25, 0.3) is 0 Å². The number of ether oxygens (including phenoxy) is 1. The van der Waals surface area contributed by atoms with Gasteiger partial charge in [-0.05, 0) is 0 Å². The van der Waals surface area contributed by atoms with Gasteiger partial charge in [-0.15, -0.1) is 0 Å². The molecule has 0 N–H and O–H groups in total. The summed E-state index contributed by atoms with van der Waals surface area (Å²) in [6.45, 7) is 0.955. The summed E-state index contributed by atoms with van der Waals surface area (Å²) in [6, 6.07) is 0. The monoisotopic (exact) mass is 173 g/mol. The van der Waals surface area contributed by atoms with Crippen molar-refractivity contribution in [1.29, 1.82) is 0 Å². The zero-order valence-electron chi connectivity index (χ0n) is 8.20. The maximum Gasteiger partial charge on any atom is 0.229 e. The molecule has 1 unspecified atom stereocenters. The molecule has 4 nitrogen and oxygen atoms in total. The molecular weight excluding hydrogens is 156 g/mol. The fourth-order valence-corrected chi connectivity index (χ4v) is 1.23. The molecule has 4 heteroatoms. The molecule has 0 saturated heterocycles. The lowest BCUT2D eigenvalue weighted by atomic mass is 10.2. The highest BCUT2D eigenvalue weighted by Gasteiger charge is 2.27. The molecule has 0 bridgehead atoms. The predicted octanol–water partition coefficient (Wildman–Crippen LogP) is 0.441. The minimum absolute atomic E-state index is 0.181. The highest BCUT2D eigenvalue weighted by atomic mass is 16.7. The quantitative estimate of drug-likeness (QED) is 0.567. The second-order valence-electron chi connectivity index (χ2n) is 4.09. The molecule has 0 saturated carbocycles. The smallest absolute Gasteiger partial charge is 0.229 e. The molecule has 70 valence electrons. The van der Waals surface area contributed by atoms with E-state index in [0.717, 1.165) is 17.4 Å². The summed E-state index contributed by atoms with van der Waals surface area (Å²) in [7, 11) is 8.02. The number of methoxy groups -OCH3 is 1. The van der Waals surface area contributed by atoms with Crippen LogP contribution in [0.3, 0.4) is 0 Å². The first-order valence-corrected chi connectivity index (χ1v) is 4.08. The van der Waals surface area contributed by atoms with E-state index >= 15 is 0 Å². The molecule has 0 aromatic rings. The van der Waals surface area contributed by atoms with Crippen LogP contribution in [0, 0.1) is 0 Å². The third-order valence-corrected chi connectivity index (χ3v) is 1.69. The van der Waals surface area contributed by atoms with Gasteiger partial charge in [-0.2, -0.15) is 0 Å². The zero-order valence-corrected chi connectivity index (χ0v) is 8.20. The molecule has 1 aliphatic rings. The molecule has 0 aromatic heterocycles. The van der Waals surface area contributed by atoms with Crippen molar-refractivity contribution in [2.24, 2.45) is 5.16 Å². The van der Waals surface area contributed by atoms with E-state index in [1.165, 1.54) is 0 Å². The van der Waals surface area contributed by atoms with Crippen LogP contribution in [0.15, 0.2) is 5.16 Å². The van der Waals surface area contributed by atoms with Gasteiger partial charge in [0.05, 0.1) is 34.7 Å². The molecule has 0 amide bonds. The standard InChI is InChI=1S/C8H17N2O2/c1-10(2,3)6-7-5-8(11-4)9-12-7/h7H,5-6H2,1-4H3/q+1. The van der Waals surface area contributed by atoms with Gasteiger partial charge in [-0.1, -0.05) is 5.16 Å². The van der Waals surface area contributed by atoms with Crippen molar-refractivity contribution in [3.8, 4) is 0 Å². The van der Waals surface area contributed by atoms with E-state index in [4.69, 9.17) is 9.57 Å². The molecule has 0 spiro atoms. The SMILES string of the molecule is COC1=NOC(C[N+](C)(C)C)C1. The fourth-order valence-electron chi connectivity index (χ4n) is 1.23. The van der Waals surface area contributed by atoms with Crippen LogP contribution >= 0.6 is 0 Å². The Morgan fingerprint density at radius 1 is 1.58 bits per heavy atom. The minimum atomic E-state index is 0.181. The average Bonchev–Trinajstić information content (AvgIpc) is 2.32. The van der Waals surface area contributed by atoms with Crippen molar-refractivity contribution in [1.82, 2.24) is 0 Å². The summed E-state index contributed by atoms with van der Waals surface area (Å²) in [6.07, 6.45) is 0.978. The lowest BCUT2D eigenvalue weighted by Crippen LogP contribution is -2.41. The first kappa shape index (κ1) is 9.32. The Kier molecular flexibility index (Phi) is 2.57. The summed E-state index contributed by atoms with van der Waals surface area (Å²) >= 11 is 0. The Labute approximate surface area is 73.3 Å². The fraction of sp³-hybridized carbons (Fsp3) is 0.875. The second kappa shape index (κ2) is 3.31. The summed E-state index contributed by atoms with van der Waals surface area (Å²) < 4.78 is 5.86. The molecule has 0 radical (unpaired) electrons. The molecule has 1 aliphatic heterocycles. The van der Waals surface area contributed by atoms with Gasteiger partial charge in [-0.25, -0.2) is 0 Å². The lowest BCUT2D eigenvalue weighted by molar-refractivity contribution is -0.873. The van der Waals surface area contributed by atoms with Crippen molar-refractivity contribution in [3.63, 3.8) is 0 Å². The van der Waals surface area contributed by atoms with Gasteiger partial charge in [0.2, 0.25) is 5.90 Å². The van der Waals surface area contributed by atoms with Crippen molar-refractivity contribution in [3.05, 3.63) is 0 Å². The lowest BCUT2D eigenvalue weighted by Gasteiger charge is -2.25. The van der Waals surface area contributed by atoms with E-state index in [0.29, 0.717) is 5.90 Å². The van der Waals surface area contributed by atoms with Gasteiger partial charge in [-0.3, -0.25) is 0 Å². The highest BCUT2D eigenvalue weighted by molar-refractivity contribution is 5.76. The van der Waals surface area contributed by atoms with Crippen molar-refractivity contribution < 1.29 is 14.1 Å². The summed E-state index contributed by atoms with van der Waals surface area (Å²) in [5.74, 6) is 0.702. The third kappa shape index (κ3) is 2.70. The Bertz CT molecular complexity index is 184. The van der Waals surface area contributed by atoms with Crippen LogP contribution < -0.4 is 0 Å². The van der Waals surface area contributed by atoms with E-state index in [9.17, 15) is 0 Å². The van der Waals surface area contributed by atoms with Gasteiger partial charge in [0.15, 0.2) is 6.10 Å². The number of oxime groups is 1. The number of hydrogen-bond acceptors (Lipinski definition) is 3. The largest absolute Gasteiger partial charge is 0.482 e. The second-order valence-corrected chi connectivity index (χ2v) is 4.09. The van der Waals surface area contributed by atoms with E-state index < -0.39 is 0 Å². The van der Waals surface area contributed by atoms with Gasteiger partial charge in [0, 0.05) is 0 Å². The topological polar surface area (TPSA) is 30.8 Å². The first-order chi connectivity index (χ1) is 5.51. The molecule has 1 atom stereocenters. The van der Waals surface area contributed by atoms with E-state index in [-0.39, 0.29) is 6.10 Å². The van der Waals surface area contributed by atoms with E-state index in [1.54, 1.807) is 7.11 Å². The maximum atomic E-state index is 5.18. The van der Waals surface area contributed by atoms with Crippen LogP contribution in [0.2, 0.25) is 0 Å². The molecule has 0 fully saturated rings. The van der Waals surface area contributed by atoms with Crippen LogP contribution in [0.1, 0.15) is 6.42 Å². The highest BCUT2D eigenvalue weighted by Crippen LogP contribution is 2.12. The Morgan fingerprint density at radius 2 is 2.25 bits per heavy atom. The zero-order chi connectivity index (χ0) is 9.19. The molecule has 1 rings (SSSR count). The Balaban J connectivity index is 2.32. The van der Waals surface area contributed by atoms with Gasteiger partial charge >= 0.3 is 0 Å². The van der Waals surface area contributed by atoms with Crippen molar-refractivity contribution >= 4 is 5.90 Å². The molecule has 0 aromatic carbocycles. The Hall–Kier alpha value is -0.770. The molecular formula is C8H17N2O2+. The third-order valence-electron chi connectivity index (χ3n) is 1.69. The van der Waals surface area contributed by atoms with E-state index in [2.05, 4.69) is 26.3 Å². The van der Waals surface area contributed by atoms with Gasteiger partial charge < -0.3 is 14.1 Å². The summed E-state index contributed by atoms with van der Waals surface area (Å²) in [4.78, 5) is 5.18. The Morgan fingerprint density at radius 3 is 2.67 bits per heavy atom. The molecule has 12 heavy (non-hydrogen) atoms. The van der Waals surface area contributed by atoms with Crippen LogP contribution in [-0.4, -0.2) is 51.3 Å². The first-order valence-electron chi connectivity index (χ1n) is 4.08. The molecule has 0 aliphatic carbocycles. The summed E-state index contributed by atoms with van der Waals surface area (Å²) in [5.41, 5.74) is 0. The van der Waals surface area contributed by atoms with Crippen molar-refractivity contribution in [2.45, 2.75) is 12.5 Å². The summed E-state index contributed by atoms with van der Waals surface area (Å²) in [5, 5.41) is 3.80. The van der Waals surface area contributed by atoms with Crippen LogP contribution in [0.4, 0.5) is 0 Å². The van der Waals surface area contributed by atoms with Crippen LogP contribution in [-0.2, 0) is 9.57 Å². The van der Waals surface area contributed by atoms with E-state index in [1.807, 2.05) is 0 Å². The van der Waals surface area contributed by atoms with Gasteiger partial charge in [0.1, 0.15) is 6.54 Å². The van der Waals surface area contributed by atoms with Crippen molar-refractivity contribution in [2.75, 3.05) is 34.8 Å². The molecule has 1 heterocycles. The van der Waals surface area contributed by atoms with Crippen LogP contribution in [0.25, 0.3) is 0 Å². The number of nitrogens with zero attached hydrogens (tertiary/aromatic N) is 2. The minimum Gasteiger partial charge on any atom is -0.482 e. The van der Waals surface area contributed by atoms with Crippen LogP contribution in [0.5, 0.6) is 0 Å². The normalized spacial score (nSPS) is 23.3. The maximum absolute atomic E-state index is 5.18. The average molecular weight is 173 g/mol. The predicted molar refractivity (Wildman–Crippen MR) is 46.8 cm³/mol. The number of rotatable bonds is 2.